The van der Waals surface area contributed by atoms with E-state index >= 15 is 0 Å². The van der Waals surface area contributed by atoms with E-state index in [1.54, 1.807) is 25.5 Å². The number of rotatable bonds is 7. The van der Waals surface area contributed by atoms with Crippen molar-refractivity contribution in [2.45, 2.75) is 12.5 Å². The minimum atomic E-state index is 0.0102. The molecule has 1 rings (SSSR count). The van der Waals surface area contributed by atoms with E-state index in [1.807, 2.05) is 24.3 Å². The standard InChI is InChI=1S/C15H22N4O/c1-20-11-14(18)9-12-4-6-15(7-5-12)19-10-13(17)3-2-8-16/h2-8,10,14H,9,11,16-18H2,1H3/t14-/m0/s1. The van der Waals surface area contributed by atoms with Gasteiger partial charge < -0.3 is 21.9 Å². The highest BCUT2D eigenvalue weighted by molar-refractivity contribution is 5.80. The lowest BCUT2D eigenvalue weighted by atomic mass is 10.1. The van der Waals surface area contributed by atoms with Gasteiger partial charge in [-0.1, -0.05) is 12.1 Å². The quantitative estimate of drug-likeness (QED) is 0.514. The number of benzene rings is 1. The first-order valence-electron chi connectivity index (χ1n) is 6.37. The first kappa shape index (κ1) is 15.9. The highest BCUT2D eigenvalue weighted by Gasteiger charge is 2.03. The van der Waals surface area contributed by atoms with Crippen LogP contribution in [0.25, 0.3) is 0 Å². The molecule has 0 aliphatic carbocycles. The van der Waals surface area contributed by atoms with Crippen molar-refractivity contribution >= 4 is 11.9 Å². The minimum Gasteiger partial charge on any atom is -0.405 e. The van der Waals surface area contributed by atoms with Gasteiger partial charge in [0.15, 0.2) is 0 Å². The van der Waals surface area contributed by atoms with Crippen LogP contribution in [0, 0.1) is 0 Å². The molecule has 0 aliphatic heterocycles. The Morgan fingerprint density at radius 3 is 2.65 bits per heavy atom. The molecule has 5 nitrogen and oxygen atoms in total. The number of aliphatic imine (C=N–C) groups is 1. The Morgan fingerprint density at radius 1 is 1.35 bits per heavy atom. The topological polar surface area (TPSA) is 99.6 Å². The molecule has 108 valence electrons. The number of hydrogen-bond acceptors (Lipinski definition) is 5. The summed E-state index contributed by atoms with van der Waals surface area (Å²) in [5.74, 6) is 0. The number of ether oxygens (including phenoxy) is 1. The van der Waals surface area contributed by atoms with Gasteiger partial charge in [-0.3, -0.25) is 4.99 Å². The van der Waals surface area contributed by atoms with Gasteiger partial charge in [0.2, 0.25) is 0 Å². The van der Waals surface area contributed by atoms with E-state index in [-0.39, 0.29) is 6.04 Å². The largest absolute Gasteiger partial charge is 0.405 e. The van der Waals surface area contributed by atoms with E-state index in [0.717, 1.165) is 17.7 Å². The summed E-state index contributed by atoms with van der Waals surface area (Å²) >= 11 is 0. The van der Waals surface area contributed by atoms with Crippen LogP contribution in [0.2, 0.25) is 0 Å². The van der Waals surface area contributed by atoms with Gasteiger partial charge >= 0.3 is 0 Å². The van der Waals surface area contributed by atoms with Crippen molar-refractivity contribution in [2.24, 2.45) is 22.2 Å². The Bertz CT molecular complexity index is 477. The van der Waals surface area contributed by atoms with Gasteiger partial charge in [-0.25, -0.2) is 0 Å². The van der Waals surface area contributed by atoms with Crippen molar-refractivity contribution in [2.75, 3.05) is 13.7 Å². The fourth-order valence-electron chi connectivity index (χ4n) is 1.65. The van der Waals surface area contributed by atoms with E-state index in [9.17, 15) is 0 Å². The Kier molecular flexibility index (Phi) is 7.10. The van der Waals surface area contributed by atoms with E-state index < -0.39 is 0 Å². The summed E-state index contributed by atoms with van der Waals surface area (Å²) in [7, 11) is 1.65. The summed E-state index contributed by atoms with van der Waals surface area (Å²) in [6, 6.07) is 7.87. The molecule has 20 heavy (non-hydrogen) atoms. The van der Waals surface area contributed by atoms with Gasteiger partial charge in [0, 0.05) is 13.2 Å². The monoisotopic (exact) mass is 274 g/mol. The van der Waals surface area contributed by atoms with E-state index in [1.165, 1.54) is 6.20 Å². The fourth-order valence-corrected chi connectivity index (χ4v) is 1.65. The number of nitrogens with two attached hydrogens (primary N) is 3. The smallest absolute Gasteiger partial charge is 0.0630 e. The fraction of sp³-hybridized carbons (Fsp3) is 0.267. The maximum absolute atomic E-state index is 5.90. The van der Waals surface area contributed by atoms with Crippen molar-refractivity contribution in [1.82, 2.24) is 0 Å². The van der Waals surface area contributed by atoms with Crippen molar-refractivity contribution in [3.05, 3.63) is 53.9 Å². The molecular formula is C15H22N4O. The Morgan fingerprint density at radius 2 is 2.05 bits per heavy atom. The average molecular weight is 274 g/mol. The van der Waals surface area contributed by atoms with Crippen LogP contribution < -0.4 is 17.2 Å². The van der Waals surface area contributed by atoms with Gasteiger partial charge in [0.1, 0.15) is 0 Å². The Labute approximate surface area is 119 Å². The maximum atomic E-state index is 5.90. The summed E-state index contributed by atoms with van der Waals surface area (Å²) in [5, 5.41) is 0. The Hall–Kier alpha value is -2.11. The summed E-state index contributed by atoms with van der Waals surface area (Å²) in [6.07, 6.45) is 7.12. The second-order valence-electron chi connectivity index (χ2n) is 4.40. The molecule has 0 aliphatic rings. The third-order valence-corrected chi connectivity index (χ3v) is 2.58. The summed E-state index contributed by atoms with van der Waals surface area (Å²) < 4.78 is 5.01. The predicted molar refractivity (Wildman–Crippen MR) is 83.7 cm³/mol. The normalized spacial score (nSPS) is 14.2. The molecule has 0 amide bonds. The minimum absolute atomic E-state index is 0.0102. The molecule has 0 heterocycles. The van der Waals surface area contributed by atoms with E-state index in [0.29, 0.717) is 12.3 Å². The molecule has 5 heteroatoms. The van der Waals surface area contributed by atoms with Crippen LogP contribution in [0.3, 0.4) is 0 Å². The highest BCUT2D eigenvalue weighted by Crippen LogP contribution is 2.13. The predicted octanol–water partition coefficient (Wildman–Crippen LogP) is 1.22. The van der Waals surface area contributed by atoms with Crippen molar-refractivity contribution < 1.29 is 4.74 Å². The second-order valence-corrected chi connectivity index (χ2v) is 4.40. The third-order valence-electron chi connectivity index (χ3n) is 2.58. The van der Waals surface area contributed by atoms with Crippen LogP contribution in [-0.4, -0.2) is 26.0 Å². The maximum Gasteiger partial charge on any atom is 0.0630 e. The molecule has 0 fully saturated rings. The first-order chi connectivity index (χ1) is 9.65. The molecule has 0 saturated carbocycles. The van der Waals surface area contributed by atoms with Gasteiger partial charge in [-0.2, -0.15) is 0 Å². The average Bonchev–Trinajstić information content (AvgIpc) is 2.44. The first-order valence-corrected chi connectivity index (χ1v) is 6.37. The SMILES string of the molecule is COC[C@@H](N)Cc1ccc(N=CC(N)=CC=CN)cc1. The molecule has 0 aromatic heterocycles. The van der Waals surface area contributed by atoms with Crippen LogP contribution >= 0.6 is 0 Å². The molecule has 1 aromatic rings. The van der Waals surface area contributed by atoms with Crippen molar-refractivity contribution in [3.63, 3.8) is 0 Å². The summed E-state index contributed by atoms with van der Waals surface area (Å²) in [4.78, 5) is 4.27. The van der Waals surface area contributed by atoms with Crippen LogP contribution in [0.1, 0.15) is 5.56 Å². The highest BCUT2D eigenvalue weighted by atomic mass is 16.5. The molecular weight excluding hydrogens is 252 g/mol. The molecule has 6 N–H and O–H groups in total. The summed E-state index contributed by atoms with van der Waals surface area (Å²) in [5.41, 5.74) is 19.4. The summed E-state index contributed by atoms with van der Waals surface area (Å²) in [6.45, 7) is 0.551. The molecule has 0 spiro atoms. The van der Waals surface area contributed by atoms with E-state index in [4.69, 9.17) is 21.9 Å². The molecule has 0 radical (unpaired) electrons. The zero-order chi connectivity index (χ0) is 14.8. The van der Waals surface area contributed by atoms with Crippen LogP contribution in [0.4, 0.5) is 5.69 Å². The number of hydrogen-bond donors (Lipinski definition) is 3. The lowest BCUT2D eigenvalue weighted by Crippen LogP contribution is -2.27. The van der Waals surface area contributed by atoms with E-state index in [2.05, 4.69) is 4.99 Å². The third kappa shape index (κ3) is 6.17. The van der Waals surface area contributed by atoms with Gasteiger partial charge in [0.05, 0.1) is 24.2 Å². The van der Waals surface area contributed by atoms with Crippen molar-refractivity contribution in [1.29, 1.82) is 0 Å². The van der Waals surface area contributed by atoms with Gasteiger partial charge in [0.25, 0.3) is 0 Å². The van der Waals surface area contributed by atoms with Crippen LogP contribution in [0.15, 0.2) is 53.3 Å². The molecule has 0 saturated heterocycles. The number of methoxy groups -OCH3 is 1. The van der Waals surface area contributed by atoms with Crippen LogP contribution in [-0.2, 0) is 11.2 Å². The van der Waals surface area contributed by atoms with Crippen LogP contribution in [0.5, 0.6) is 0 Å². The zero-order valence-electron chi connectivity index (χ0n) is 11.7. The zero-order valence-corrected chi connectivity index (χ0v) is 11.7. The molecule has 1 aromatic carbocycles. The second kappa shape index (κ2) is 8.90. The van der Waals surface area contributed by atoms with Gasteiger partial charge in [-0.05, 0) is 42.5 Å². The number of allylic oxidation sites excluding steroid dienone is 3. The van der Waals surface area contributed by atoms with Gasteiger partial charge in [-0.15, -0.1) is 0 Å². The number of nitrogens with zero attached hydrogens (tertiary/aromatic N) is 1. The molecule has 1 atom stereocenters. The molecule has 0 bridgehead atoms. The Balaban J connectivity index is 2.60. The lowest BCUT2D eigenvalue weighted by Gasteiger charge is -2.10. The van der Waals surface area contributed by atoms with Crippen molar-refractivity contribution in [3.8, 4) is 0 Å². The molecule has 0 unspecified atom stereocenters. The lowest BCUT2D eigenvalue weighted by molar-refractivity contribution is 0.180.